The lowest BCUT2D eigenvalue weighted by molar-refractivity contribution is -0.140. The van der Waals surface area contributed by atoms with Crippen LogP contribution in [0.25, 0.3) is 0 Å². The number of nitrogens with zero attached hydrogens (tertiary/aromatic N) is 1. The molecule has 0 saturated carbocycles. The van der Waals surface area contributed by atoms with Crippen LogP contribution in [0, 0.1) is 0 Å². The molecule has 4 nitrogen and oxygen atoms in total. The average Bonchev–Trinajstić information content (AvgIpc) is 2.71. The molecule has 2 rings (SSSR count). The van der Waals surface area contributed by atoms with E-state index in [1.807, 2.05) is 0 Å². The lowest BCUT2D eigenvalue weighted by Crippen LogP contribution is -2.46. The zero-order valence-electron chi connectivity index (χ0n) is 17.3. The van der Waals surface area contributed by atoms with Gasteiger partial charge in [-0.25, -0.2) is 0 Å². The molecule has 0 fully saturated rings. The lowest BCUT2D eigenvalue weighted by atomic mass is 10.00. The highest BCUT2D eigenvalue weighted by Crippen LogP contribution is 2.27. The van der Waals surface area contributed by atoms with E-state index in [-0.39, 0.29) is 18.4 Å². The number of likely N-dealkylation sites (N-methyl/N-ethyl adjacent to an activating group) is 1. The zero-order valence-corrected chi connectivity index (χ0v) is 18.8. The highest BCUT2D eigenvalue weighted by molar-refractivity contribution is 6.36. The van der Waals surface area contributed by atoms with Crippen molar-refractivity contribution in [2.24, 2.45) is 0 Å². The van der Waals surface area contributed by atoms with Crippen LogP contribution in [0.4, 0.5) is 0 Å². The van der Waals surface area contributed by atoms with E-state index in [0.29, 0.717) is 34.4 Å². The molecule has 0 radical (unpaired) electrons. The minimum atomic E-state index is -0.636. The molecule has 0 bridgehead atoms. The van der Waals surface area contributed by atoms with Crippen LogP contribution in [0.1, 0.15) is 49.8 Å². The van der Waals surface area contributed by atoms with Crippen molar-refractivity contribution >= 4 is 35.0 Å². The molecule has 0 aromatic heterocycles. The normalized spacial score (nSPS) is 12.0. The summed E-state index contributed by atoms with van der Waals surface area (Å²) in [5.74, 6) is 0.114. The van der Waals surface area contributed by atoms with Crippen LogP contribution in [0.3, 0.4) is 0 Å². The number of aryl methyl sites for hydroxylation is 1. The molecule has 2 aromatic carbocycles. The van der Waals surface area contributed by atoms with E-state index < -0.39 is 6.04 Å². The van der Waals surface area contributed by atoms with Crippen molar-refractivity contribution in [1.82, 2.24) is 10.2 Å². The molecular formula is C23H28Cl2N2O2. The maximum absolute atomic E-state index is 13.0. The zero-order chi connectivity index (χ0) is 21.6. The van der Waals surface area contributed by atoms with Crippen LogP contribution in [0.5, 0.6) is 0 Å². The van der Waals surface area contributed by atoms with Gasteiger partial charge in [-0.15, -0.1) is 0 Å². The van der Waals surface area contributed by atoms with Gasteiger partial charge in [0.15, 0.2) is 0 Å². The van der Waals surface area contributed by atoms with Gasteiger partial charge in [0.1, 0.15) is 6.04 Å². The number of halogens is 2. The molecule has 0 aliphatic carbocycles. The third-order valence-electron chi connectivity index (χ3n) is 5.08. The maximum atomic E-state index is 13.0. The Kier molecular flexibility index (Phi) is 8.54. The standard InChI is InChI=1S/C23H28Cl2N2O2/c1-15(2)18-11-8-17(9-12-18)10-13-22(28)27(16(3)23(29)26-4)14-19-20(24)6-5-7-21(19)25/h5-9,11-12,15-16H,10,13-14H2,1-4H3,(H,26,29). The summed E-state index contributed by atoms with van der Waals surface area (Å²) in [6.45, 7) is 6.18. The van der Waals surface area contributed by atoms with Crippen LogP contribution in [0.15, 0.2) is 42.5 Å². The van der Waals surface area contributed by atoms with E-state index in [1.54, 1.807) is 32.2 Å². The molecule has 6 heteroatoms. The van der Waals surface area contributed by atoms with Crippen LogP contribution in [0.2, 0.25) is 10.0 Å². The molecule has 156 valence electrons. The van der Waals surface area contributed by atoms with Gasteiger partial charge >= 0.3 is 0 Å². The first-order chi connectivity index (χ1) is 13.7. The maximum Gasteiger partial charge on any atom is 0.242 e. The molecule has 1 unspecified atom stereocenters. The summed E-state index contributed by atoms with van der Waals surface area (Å²) in [7, 11) is 1.56. The van der Waals surface area contributed by atoms with E-state index in [4.69, 9.17) is 23.2 Å². The first-order valence-corrected chi connectivity index (χ1v) is 10.5. The molecule has 1 atom stereocenters. The number of nitrogens with one attached hydrogen (secondary N) is 1. The Morgan fingerprint density at radius 1 is 1.00 bits per heavy atom. The van der Waals surface area contributed by atoms with Gasteiger partial charge in [0.05, 0.1) is 0 Å². The number of carbonyl (C=O) groups excluding carboxylic acids is 2. The van der Waals surface area contributed by atoms with Crippen LogP contribution in [-0.2, 0) is 22.6 Å². The Labute approximate surface area is 183 Å². The molecule has 0 aliphatic heterocycles. The number of rotatable bonds is 8. The van der Waals surface area contributed by atoms with Crippen molar-refractivity contribution in [2.45, 2.75) is 52.1 Å². The van der Waals surface area contributed by atoms with Crippen LogP contribution >= 0.6 is 23.2 Å². The molecule has 0 aliphatic rings. The number of amides is 2. The molecule has 2 amide bonds. The van der Waals surface area contributed by atoms with Crippen molar-refractivity contribution in [2.75, 3.05) is 7.05 Å². The van der Waals surface area contributed by atoms with Crippen molar-refractivity contribution < 1.29 is 9.59 Å². The van der Waals surface area contributed by atoms with Gasteiger partial charge in [0.2, 0.25) is 11.8 Å². The minimum absolute atomic E-state index is 0.120. The third-order valence-corrected chi connectivity index (χ3v) is 5.79. The van der Waals surface area contributed by atoms with E-state index in [2.05, 4.69) is 43.4 Å². The van der Waals surface area contributed by atoms with E-state index in [9.17, 15) is 9.59 Å². The Morgan fingerprint density at radius 3 is 2.10 bits per heavy atom. The average molecular weight is 435 g/mol. The number of carbonyl (C=O) groups is 2. The monoisotopic (exact) mass is 434 g/mol. The van der Waals surface area contributed by atoms with Gasteiger partial charge in [0, 0.05) is 35.6 Å². The number of hydrogen-bond donors (Lipinski definition) is 1. The highest BCUT2D eigenvalue weighted by atomic mass is 35.5. The second-order valence-corrected chi connectivity index (χ2v) is 8.22. The minimum Gasteiger partial charge on any atom is -0.357 e. The SMILES string of the molecule is CNC(=O)C(C)N(Cc1c(Cl)cccc1Cl)C(=O)CCc1ccc(C(C)C)cc1. The summed E-state index contributed by atoms with van der Waals surface area (Å²) < 4.78 is 0. The molecular weight excluding hydrogens is 407 g/mol. The summed E-state index contributed by atoms with van der Waals surface area (Å²) in [5, 5.41) is 3.56. The number of benzene rings is 2. The highest BCUT2D eigenvalue weighted by Gasteiger charge is 2.26. The molecule has 0 saturated heterocycles. The fraction of sp³-hybridized carbons (Fsp3) is 0.391. The summed E-state index contributed by atoms with van der Waals surface area (Å²) in [5.41, 5.74) is 3.00. The van der Waals surface area contributed by atoms with Gasteiger partial charge < -0.3 is 10.2 Å². The first-order valence-electron chi connectivity index (χ1n) is 9.77. The Bertz CT molecular complexity index is 830. The summed E-state index contributed by atoms with van der Waals surface area (Å²) >= 11 is 12.6. The predicted molar refractivity (Wildman–Crippen MR) is 119 cm³/mol. The van der Waals surface area contributed by atoms with Crippen molar-refractivity contribution in [3.8, 4) is 0 Å². The summed E-state index contributed by atoms with van der Waals surface area (Å²) in [6.07, 6.45) is 0.898. The largest absolute Gasteiger partial charge is 0.357 e. The second-order valence-electron chi connectivity index (χ2n) is 7.41. The smallest absolute Gasteiger partial charge is 0.242 e. The molecule has 0 spiro atoms. The summed E-state index contributed by atoms with van der Waals surface area (Å²) in [4.78, 5) is 26.8. The quantitative estimate of drug-likeness (QED) is 0.619. The van der Waals surface area contributed by atoms with Gasteiger partial charge in [-0.2, -0.15) is 0 Å². The summed E-state index contributed by atoms with van der Waals surface area (Å²) in [6, 6.07) is 12.9. The van der Waals surface area contributed by atoms with E-state index >= 15 is 0 Å². The molecule has 29 heavy (non-hydrogen) atoms. The number of hydrogen-bond acceptors (Lipinski definition) is 2. The van der Waals surface area contributed by atoms with Gasteiger partial charge in [-0.3, -0.25) is 9.59 Å². The van der Waals surface area contributed by atoms with Gasteiger partial charge in [-0.05, 0) is 42.5 Å². The predicted octanol–water partition coefficient (Wildman–Crippen LogP) is 5.21. The Morgan fingerprint density at radius 2 is 1.59 bits per heavy atom. The Hall–Kier alpha value is -2.04. The fourth-order valence-corrected chi connectivity index (χ4v) is 3.63. The molecule has 2 aromatic rings. The van der Waals surface area contributed by atoms with E-state index in [1.165, 1.54) is 10.5 Å². The second kappa shape index (κ2) is 10.7. The van der Waals surface area contributed by atoms with Gasteiger partial charge in [-0.1, -0.05) is 67.4 Å². The topological polar surface area (TPSA) is 49.4 Å². The van der Waals surface area contributed by atoms with Crippen molar-refractivity contribution in [1.29, 1.82) is 0 Å². The van der Waals surface area contributed by atoms with Gasteiger partial charge in [0.25, 0.3) is 0 Å². The fourth-order valence-electron chi connectivity index (χ4n) is 3.11. The van der Waals surface area contributed by atoms with E-state index in [0.717, 1.165) is 5.56 Å². The lowest BCUT2D eigenvalue weighted by Gasteiger charge is -2.29. The van der Waals surface area contributed by atoms with Crippen LogP contribution < -0.4 is 5.32 Å². The van der Waals surface area contributed by atoms with Crippen LogP contribution in [-0.4, -0.2) is 29.8 Å². The van der Waals surface area contributed by atoms with Crippen molar-refractivity contribution in [3.63, 3.8) is 0 Å². The first kappa shape index (κ1) is 23.2. The molecule has 1 N–H and O–H groups in total. The Balaban J connectivity index is 2.17. The van der Waals surface area contributed by atoms with Crippen molar-refractivity contribution in [3.05, 3.63) is 69.2 Å². The molecule has 0 heterocycles. The third kappa shape index (κ3) is 6.22.